The maximum atomic E-state index is 13.5. The fourth-order valence-electron chi connectivity index (χ4n) is 3.86. The minimum absolute atomic E-state index is 0.0829. The molecule has 4 rings (SSSR count). The molecule has 0 saturated heterocycles. The molecule has 0 saturated carbocycles. The van der Waals surface area contributed by atoms with Crippen LogP contribution in [0.3, 0.4) is 0 Å². The van der Waals surface area contributed by atoms with Crippen molar-refractivity contribution in [3.63, 3.8) is 0 Å². The van der Waals surface area contributed by atoms with E-state index in [0.717, 1.165) is 11.1 Å². The Morgan fingerprint density at radius 3 is 2.24 bits per heavy atom. The highest BCUT2D eigenvalue weighted by Gasteiger charge is 2.40. The van der Waals surface area contributed by atoms with Gasteiger partial charge in [0.15, 0.2) is 0 Å². The number of anilines is 1. The number of aryl methyl sites for hydroxylation is 2. The summed E-state index contributed by atoms with van der Waals surface area (Å²) in [6.07, 6.45) is 1.64. The summed E-state index contributed by atoms with van der Waals surface area (Å²) in [6, 6.07) is 16.4. The van der Waals surface area contributed by atoms with E-state index in [2.05, 4.69) is 10.3 Å². The van der Waals surface area contributed by atoms with E-state index in [-0.39, 0.29) is 18.1 Å². The molecule has 1 aromatic heterocycles. The molecule has 2 aromatic carbocycles. The Kier molecular flexibility index (Phi) is 6.13. The van der Waals surface area contributed by atoms with Crippen LogP contribution >= 0.6 is 0 Å². The van der Waals surface area contributed by atoms with Crippen LogP contribution in [0.5, 0.6) is 11.5 Å². The number of nitrogens with one attached hydrogen (secondary N) is 1. The molecule has 1 N–H and O–H groups in total. The molecule has 2 amide bonds. The van der Waals surface area contributed by atoms with E-state index in [1.165, 1.54) is 4.90 Å². The van der Waals surface area contributed by atoms with Crippen LogP contribution < -0.4 is 14.8 Å². The summed E-state index contributed by atoms with van der Waals surface area (Å²) in [4.78, 5) is 32.5. The number of carbonyl (C=O) groups excluding carboxylic acids is 2. The van der Waals surface area contributed by atoms with Crippen molar-refractivity contribution in [2.45, 2.75) is 20.4 Å². The fraction of sp³-hybridized carbons (Fsp3) is 0.192. The van der Waals surface area contributed by atoms with Gasteiger partial charge in [-0.05, 0) is 37.1 Å². The van der Waals surface area contributed by atoms with Crippen LogP contribution in [-0.2, 0) is 16.1 Å². The lowest BCUT2D eigenvalue weighted by molar-refractivity contribution is -0.137. The first-order valence-electron chi connectivity index (χ1n) is 10.5. The average molecular weight is 444 g/mol. The fourth-order valence-corrected chi connectivity index (χ4v) is 3.86. The number of ether oxygens (including phenoxy) is 2. The van der Waals surface area contributed by atoms with Gasteiger partial charge in [-0.1, -0.05) is 29.8 Å². The number of nitrogens with zero attached hydrogens (tertiary/aromatic N) is 2. The summed E-state index contributed by atoms with van der Waals surface area (Å²) in [7, 11) is 3.11. The smallest absolute Gasteiger partial charge is 0.278 e. The van der Waals surface area contributed by atoms with Crippen molar-refractivity contribution in [1.82, 2.24) is 9.88 Å². The highest BCUT2D eigenvalue weighted by molar-refractivity contribution is 6.36. The van der Waals surface area contributed by atoms with E-state index >= 15 is 0 Å². The van der Waals surface area contributed by atoms with Gasteiger partial charge in [0, 0.05) is 30.1 Å². The number of imide groups is 1. The van der Waals surface area contributed by atoms with E-state index in [0.29, 0.717) is 34.0 Å². The van der Waals surface area contributed by atoms with E-state index < -0.39 is 5.91 Å². The molecule has 2 heterocycles. The van der Waals surface area contributed by atoms with Crippen LogP contribution in [0.2, 0.25) is 0 Å². The van der Waals surface area contributed by atoms with Crippen molar-refractivity contribution < 1.29 is 19.1 Å². The van der Waals surface area contributed by atoms with Crippen LogP contribution in [0.4, 0.5) is 5.69 Å². The zero-order chi connectivity index (χ0) is 23.5. The van der Waals surface area contributed by atoms with Crippen LogP contribution in [0, 0.1) is 13.8 Å². The maximum Gasteiger partial charge on any atom is 0.278 e. The molecular formula is C26H25N3O4. The lowest BCUT2D eigenvalue weighted by atomic mass is 9.97. The van der Waals surface area contributed by atoms with Crippen molar-refractivity contribution in [2.24, 2.45) is 0 Å². The molecule has 0 aliphatic carbocycles. The van der Waals surface area contributed by atoms with Gasteiger partial charge in [-0.2, -0.15) is 0 Å². The Labute approximate surface area is 192 Å². The Morgan fingerprint density at radius 2 is 1.64 bits per heavy atom. The number of hydrogen-bond acceptors (Lipinski definition) is 6. The summed E-state index contributed by atoms with van der Waals surface area (Å²) < 4.78 is 10.7. The van der Waals surface area contributed by atoms with Crippen molar-refractivity contribution in [1.29, 1.82) is 0 Å². The largest absolute Gasteiger partial charge is 0.497 e. The monoisotopic (exact) mass is 443 g/mol. The minimum Gasteiger partial charge on any atom is -0.497 e. The summed E-state index contributed by atoms with van der Waals surface area (Å²) in [5, 5.41) is 3.16. The normalized spacial score (nSPS) is 13.5. The second kappa shape index (κ2) is 9.16. The number of carbonyl (C=O) groups is 2. The first kappa shape index (κ1) is 22.1. The first-order chi connectivity index (χ1) is 15.9. The molecule has 0 unspecified atom stereocenters. The number of methoxy groups -OCH3 is 2. The lowest BCUT2D eigenvalue weighted by Crippen LogP contribution is -2.32. The van der Waals surface area contributed by atoms with Crippen molar-refractivity contribution in [3.8, 4) is 11.5 Å². The zero-order valence-electron chi connectivity index (χ0n) is 19.0. The molecule has 7 nitrogen and oxygen atoms in total. The average Bonchev–Trinajstić information content (AvgIpc) is 3.04. The minimum atomic E-state index is -0.414. The molecule has 1 aliphatic heterocycles. The third-order valence-electron chi connectivity index (χ3n) is 5.49. The SMILES string of the molecule is COc1cc(NC2=C(c3ccc(C)cc3C)C(=O)N(Cc3ccccn3)C2=O)cc(OC)c1. The Morgan fingerprint density at radius 1 is 0.909 bits per heavy atom. The molecule has 0 bridgehead atoms. The van der Waals surface area contributed by atoms with Crippen molar-refractivity contribution in [2.75, 3.05) is 19.5 Å². The summed E-state index contributed by atoms with van der Waals surface area (Å²) in [5.74, 6) is 0.345. The number of benzene rings is 2. The molecule has 0 radical (unpaired) electrons. The van der Waals surface area contributed by atoms with Crippen LogP contribution in [0.15, 0.2) is 66.5 Å². The van der Waals surface area contributed by atoms with Gasteiger partial charge in [0.05, 0.1) is 32.0 Å². The Bertz CT molecular complexity index is 1230. The highest BCUT2D eigenvalue weighted by Crippen LogP contribution is 2.35. The molecular weight excluding hydrogens is 418 g/mol. The lowest BCUT2D eigenvalue weighted by Gasteiger charge is -2.15. The van der Waals surface area contributed by atoms with Crippen molar-refractivity contribution in [3.05, 3.63) is 88.9 Å². The molecule has 0 atom stereocenters. The van der Waals surface area contributed by atoms with E-state index in [9.17, 15) is 9.59 Å². The third-order valence-corrected chi connectivity index (χ3v) is 5.49. The molecule has 7 heteroatoms. The quantitative estimate of drug-likeness (QED) is 0.554. The Hall–Kier alpha value is -4.13. The van der Waals surface area contributed by atoms with Gasteiger partial charge in [-0.15, -0.1) is 0 Å². The van der Waals surface area contributed by atoms with Gasteiger partial charge in [-0.25, -0.2) is 0 Å². The molecule has 1 aliphatic rings. The second-order valence-corrected chi connectivity index (χ2v) is 7.81. The molecule has 3 aromatic rings. The van der Waals surface area contributed by atoms with Gasteiger partial charge in [-0.3, -0.25) is 19.5 Å². The Balaban J connectivity index is 1.80. The standard InChI is InChI=1S/C26H25N3O4/c1-16-8-9-22(17(2)11-16)23-24(28-19-12-20(32-3)14-21(13-19)33-4)26(31)29(25(23)30)15-18-7-5-6-10-27-18/h5-14,28H,15H2,1-4H3. The van der Waals surface area contributed by atoms with Gasteiger partial charge < -0.3 is 14.8 Å². The number of rotatable bonds is 7. The zero-order valence-corrected chi connectivity index (χ0v) is 19.0. The number of aromatic nitrogens is 1. The summed E-state index contributed by atoms with van der Waals surface area (Å²) in [5.41, 5.74) is 4.43. The van der Waals surface area contributed by atoms with Gasteiger partial charge >= 0.3 is 0 Å². The van der Waals surface area contributed by atoms with E-state index in [4.69, 9.17) is 9.47 Å². The topological polar surface area (TPSA) is 80.8 Å². The predicted octanol–water partition coefficient (Wildman–Crippen LogP) is 4.11. The number of hydrogen-bond donors (Lipinski definition) is 1. The number of amides is 2. The van der Waals surface area contributed by atoms with Crippen LogP contribution in [0.1, 0.15) is 22.4 Å². The third kappa shape index (κ3) is 4.43. The summed E-state index contributed by atoms with van der Waals surface area (Å²) in [6.45, 7) is 4.00. The number of pyridine rings is 1. The molecule has 168 valence electrons. The van der Waals surface area contributed by atoms with E-state index in [1.54, 1.807) is 50.7 Å². The molecule has 33 heavy (non-hydrogen) atoms. The van der Waals surface area contributed by atoms with Gasteiger partial charge in [0.1, 0.15) is 17.2 Å². The molecule has 0 spiro atoms. The van der Waals surface area contributed by atoms with Crippen LogP contribution in [-0.4, -0.2) is 35.9 Å². The van der Waals surface area contributed by atoms with Crippen LogP contribution in [0.25, 0.3) is 5.57 Å². The van der Waals surface area contributed by atoms with E-state index in [1.807, 2.05) is 38.1 Å². The maximum absolute atomic E-state index is 13.5. The second-order valence-electron chi connectivity index (χ2n) is 7.81. The summed E-state index contributed by atoms with van der Waals surface area (Å²) >= 11 is 0. The van der Waals surface area contributed by atoms with Crippen molar-refractivity contribution >= 4 is 23.1 Å². The first-order valence-corrected chi connectivity index (χ1v) is 10.5. The molecule has 0 fully saturated rings. The van der Waals surface area contributed by atoms with Gasteiger partial charge in [0.2, 0.25) is 0 Å². The van der Waals surface area contributed by atoms with Gasteiger partial charge in [0.25, 0.3) is 11.8 Å². The highest BCUT2D eigenvalue weighted by atomic mass is 16.5. The predicted molar refractivity (Wildman–Crippen MR) is 126 cm³/mol.